The van der Waals surface area contributed by atoms with Crippen molar-refractivity contribution in [2.75, 3.05) is 18.5 Å². The fourth-order valence-electron chi connectivity index (χ4n) is 2.39. The van der Waals surface area contributed by atoms with Crippen LogP contribution in [0.1, 0.15) is 42.1 Å². The minimum absolute atomic E-state index is 0.0704. The van der Waals surface area contributed by atoms with Crippen LogP contribution in [-0.2, 0) is 11.2 Å². The van der Waals surface area contributed by atoms with Gasteiger partial charge in [0.15, 0.2) is 5.78 Å². The van der Waals surface area contributed by atoms with Crippen LogP contribution >= 0.6 is 0 Å². The Morgan fingerprint density at radius 3 is 2.78 bits per heavy atom. The van der Waals surface area contributed by atoms with Gasteiger partial charge in [-0.3, -0.25) is 4.79 Å². The molecule has 0 bridgehead atoms. The maximum Gasteiger partial charge on any atom is 0.163 e. The van der Waals surface area contributed by atoms with Gasteiger partial charge in [-0.15, -0.1) is 0 Å². The Hall–Kier alpha value is -1.64. The number of rotatable bonds is 4. The Balaban J connectivity index is 2.15. The number of Topliss-reactive ketones (excluding diaryl/α,β-unsaturated/α-hetero) is 2. The van der Waals surface area contributed by atoms with Crippen molar-refractivity contribution >= 4 is 17.3 Å². The normalized spacial score (nSPS) is 14.2. The quantitative estimate of drug-likeness (QED) is 0.765. The van der Waals surface area contributed by atoms with Crippen LogP contribution in [0, 0.1) is 0 Å². The van der Waals surface area contributed by atoms with E-state index in [1.165, 1.54) is 18.2 Å². The van der Waals surface area contributed by atoms with E-state index in [0.29, 0.717) is 12.8 Å². The molecule has 2 rings (SSSR count). The number of carbonyl (C=O) groups is 2. The Kier molecular flexibility index (Phi) is 3.80. The Bertz CT molecular complexity index is 479. The molecule has 1 aromatic rings. The van der Waals surface area contributed by atoms with Crippen molar-refractivity contribution in [3.05, 3.63) is 29.3 Å². The number of carbonyl (C=O) groups excluding carboxylic acids is 2. The molecule has 1 aliphatic heterocycles. The smallest absolute Gasteiger partial charge is 0.163 e. The van der Waals surface area contributed by atoms with Gasteiger partial charge in [-0.05, 0) is 43.5 Å². The van der Waals surface area contributed by atoms with Crippen molar-refractivity contribution in [1.29, 1.82) is 0 Å². The second-order valence-electron chi connectivity index (χ2n) is 4.99. The number of nitrogens with zero attached hydrogens (tertiary/aromatic N) is 1. The summed E-state index contributed by atoms with van der Waals surface area (Å²) in [5.74, 6) is 0.141. The molecule has 3 heteroatoms. The van der Waals surface area contributed by atoms with Crippen LogP contribution in [0.2, 0.25) is 0 Å². The summed E-state index contributed by atoms with van der Waals surface area (Å²) < 4.78 is 0. The Morgan fingerprint density at radius 1 is 1.28 bits per heavy atom. The van der Waals surface area contributed by atoms with Gasteiger partial charge in [0.25, 0.3) is 0 Å². The van der Waals surface area contributed by atoms with Crippen molar-refractivity contribution < 1.29 is 9.59 Å². The Morgan fingerprint density at radius 2 is 2.06 bits per heavy atom. The van der Waals surface area contributed by atoms with E-state index in [0.717, 1.165) is 24.9 Å². The van der Waals surface area contributed by atoms with Gasteiger partial charge >= 0.3 is 0 Å². The van der Waals surface area contributed by atoms with Crippen molar-refractivity contribution in [3.8, 4) is 0 Å². The molecule has 0 atom stereocenters. The molecular formula is C15H19NO2. The zero-order chi connectivity index (χ0) is 13.1. The molecule has 0 radical (unpaired) electrons. The lowest BCUT2D eigenvalue weighted by Gasteiger charge is -2.27. The van der Waals surface area contributed by atoms with Crippen molar-refractivity contribution in [3.63, 3.8) is 0 Å². The number of aryl methyl sites for hydroxylation is 1. The fraction of sp³-hybridized carbons (Fsp3) is 0.467. The lowest BCUT2D eigenvalue weighted by molar-refractivity contribution is -0.116. The van der Waals surface area contributed by atoms with Gasteiger partial charge in [0.05, 0.1) is 0 Å². The third-order valence-corrected chi connectivity index (χ3v) is 3.46. The topological polar surface area (TPSA) is 37.4 Å². The predicted octanol–water partition coefficient (Wildman–Crippen LogP) is 2.62. The molecule has 1 aliphatic rings. The van der Waals surface area contributed by atoms with Gasteiger partial charge in [-0.2, -0.15) is 0 Å². The maximum atomic E-state index is 12.0. The van der Waals surface area contributed by atoms with E-state index >= 15 is 0 Å². The summed E-state index contributed by atoms with van der Waals surface area (Å²) in [7, 11) is 2.08. The third kappa shape index (κ3) is 2.78. The average Bonchev–Trinajstić information content (AvgIpc) is 2.35. The van der Waals surface area contributed by atoms with Crippen molar-refractivity contribution in [1.82, 2.24) is 0 Å². The van der Waals surface area contributed by atoms with Crippen LogP contribution in [0.3, 0.4) is 0 Å². The van der Waals surface area contributed by atoms with Crippen molar-refractivity contribution in [2.45, 2.75) is 32.6 Å². The number of hydrogen-bond acceptors (Lipinski definition) is 3. The van der Waals surface area contributed by atoms with Crippen LogP contribution in [0.25, 0.3) is 0 Å². The molecule has 96 valence electrons. The average molecular weight is 245 g/mol. The monoisotopic (exact) mass is 245 g/mol. The van der Waals surface area contributed by atoms with E-state index in [1.54, 1.807) is 0 Å². The predicted molar refractivity (Wildman–Crippen MR) is 72.3 cm³/mol. The first-order valence-electron chi connectivity index (χ1n) is 6.44. The molecule has 0 N–H and O–H groups in total. The number of anilines is 1. The van der Waals surface area contributed by atoms with Crippen LogP contribution in [-0.4, -0.2) is 25.2 Å². The zero-order valence-corrected chi connectivity index (χ0v) is 11.0. The van der Waals surface area contributed by atoms with E-state index in [2.05, 4.69) is 11.9 Å². The molecule has 18 heavy (non-hydrogen) atoms. The largest absolute Gasteiger partial charge is 0.374 e. The highest BCUT2D eigenvalue weighted by Gasteiger charge is 2.16. The molecule has 0 fully saturated rings. The standard InChI is InChI=1S/C15H19NO2/c1-11(17)5-8-15(18)13-6-7-14-12(10-13)4-3-9-16(14)2/h6-7,10H,3-5,8-9H2,1-2H3. The van der Waals surface area contributed by atoms with E-state index in [-0.39, 0.29) is 11.6 Å². The van der Waals surface area contributed by atoms with E-state index in [9.17, 15) is 9.59 Å². The number of benzene rings is 1. The lowest BCUT2D eigenvalue weighted by Crippen LogP contribution is -2.24. The van der Waals surface area contributed by atoms with E-state index in [4.69, 9.17) is 0 Å². The van der Waals surface area contributed by atoms with Gasteiger partial charge in [-0.25, -0.2) is 0 Å². The second-order valence-corrected chi connectivity index (χ2v) is 4.99. The summed E-state index contributed by atoms with van der Waals surface area (Å²) in [5, 5.41) is 0. The number of ketones is 2. The molecule has 0 aromatic heterocycles. The molecule has 0 saturated heterocycles. The zero-order valence-electron chi connectivity index (χ0n) is 11.0. The van der Waals surface area contributed by atoms with Crippen LogP contribution < -0.4 is 4.90 Å². The molecular weight excluding hydrogens is 226 g/mol. The third-order valence-electron chi connectivity index (χ3n) is 3.46. The summed E-state index contributed by atoms with van der Waals surface area (Å²) in [4.78, 5) is 25.1. The molecule has 0 aliphatic carbocycles. The lowest BCUT2D eigenvalue weighted by atomic mass is 9.96. The highest BCUT2D eigenvalue weighted by Crippen LogP contribution is 2.27. The number of hydrogen-bond donors (Lipinski definition) is 0. The highest BCUT2D eigenvalue weighted by molar-refractivity contribution is 5.98. The van der Waals surface area contributed by atoms with Crippen LogP contribution in [0.4, 0.5) is 5.69 Å². The summed E-state index contributed by atoms with van der Waals surface area (Å²) in [5.41, 5.74) is 3.21. The number of fused-ring (bicyclic) bond motifs is 1. The first-order valence-corrected chi connectivity index (χ1v) is 6.44. The van der Waals surface area contributed by atoms with Crippen LogP contribution in [0.15, 0.2) is 18.2 Å². The first kappa shape index (κ1) is 12.8. The van der Waals surface area contributed by atoms with E-state index < -0.39 is 0 Å². The molecule has 1 aromatic carbocycles. The summed E-state index contributed by atoms with van der Waals surface area (Å²) in [6.45, 7) is 2.60. The summed E-state index contributed by atoms with van der Waals surface area (Å²) in [6.07, 6.45) is 2.84. The van der Waals surface area contributed by atoms with Crippen molar-refractivity contribution in [2.24, 2.45) is 0 Å². The Labute approximate surface area is 108 Å². The first-order chi connectivity index (χ1) is 8.58. The van der Waals surface area contributed by atoms with E-state index in [1.807, 2.05) is 18.2 Å². The minimum Gasteiger partial charge on any atom is -0.374 e. The summed E-state index contributed by atoms with van der Waals surface area (Å²) in [6, 6.07) is 5.89. The SMILES string of the molecule is CC(=O)CCC(=O)c1ccc2c(c1)CCCN2C. The molecule has 0 amide bonds. The van der Waals surface area contributed by atoms with Gasteiger partial charge < -0.3 is 9.69 Å². The van der Waals surface area contributed by atoms with Gasteiger partial charge in [0.1, 0.15) is 5.78 Å². The second kappa shape index (κ2) is 5.34. The van der Waals surface area contributed by atoms with Gasteiger partial charge in [0, 0.05) is 37.7 Å². The molecule has 0 spiro atoms. The maximum absolute atomic E-state index is 12.0. The van der Waals surface area contributed by atoms with Gasteiger partial charge in [-0.1, -0.05) is 0 Å². The molecule has 0 saturated carbocycles. The summed E-state index contributed by atoms with van der Waals surface area (Å²) >= 11 is 0. The fourth-order valence-corrected chi connectivity index (χ4v) is 2.39. The minimum atomic E-state index is 0.0704. The van der Waals surface area contributed by atoms with Crippen LogP contribution in [0.5, 0.6) is 0 Å². The molecule has 1 heterocycles. The molecule has 0 unspecified atom stereocenters. The molecule has 3 nitrogen and oxygen atoms in total. The highest BCUT2D eigenvalue weighted by atomic mass is 16.1. The van der Waals surface area contributed by atoms with Gasteiger partial charge in [0.2, 0.25) is 0 Å².